The van der Waals surface area contributed by atoms with Crippen LogP contribution < -0.4 is 14.4 Å². The summed E-state index contributed by atoms with van der Waals surface area (Å²) >= 11 is 0. The number of fused-ring (bicyclic) bond motifs is 1. The van der Waals surface area contributed by atoms with Gasteiger partial charge in [-0.2, -0.15) is 0 Å². The third-order valence-electron chi connectivity index (χ3n) is 7.75. The molecule has 1 amide bonds. The van der Waals surface area contributed by atoms with Crippen LogP contribution in [0.1, 0.15) is 47.1 Å². The van der Waals surface area contributed by atoms with Crippen LogP contribution in [-0.4, -0.2) is 31.4 Å². The number of hydrogen-bond acceptors (Lipinski definition) is 6. The molecule has 3 aromatic carbocycles. The molecular weight excluding hydrogens is 543 g/mol. The number of methoxy groups -OCH3 is 1. The Hall–Kier alpha value is -4.15. The van der Waals surface area contributed by atoms with Gasteiger partial charge in [-0.1, -0.05) is 36.4 Å². The molecule has 1 heterocycles. The van der Waals surface area contributed by atoms with Gasteiger partial charge in [0.05, 0.1) is 18.6 Å². The van der Waals surface area contributed by atoms with Gasteiger partial charge in [-0.3, -0.25) is 4.79 Å². The van der Waals surface area contributed by atoms with E-state index in [4.69, 9.17) is 4.74 Å². The van der Waals surface area contributed by atoms with Crippen LogP contribution in [-0.2, 0) is 27.8 Å². The van der Waals surface area contributed by atoms with E-state index in [0.29, 0.717) is 18.5 Å². The number of aryl methyl sites for hydroxylation is 1. The molecule has 4 aromatic rings. The number of anilines is 1. The Morgan fingerprint density at radius 2 is 1.78 bits per heavy atom. The Kier molecular flexibility index (Phi) is 7.27. The summed E-state index contributed by atoms with van der Waals surface area (Å²) in [7, 11) is -2.38. The van der Waals surface area contributed by atoms with Crippen LogP contribution in [0.2, 0.25) is 0 Å². The van der Waals surface area contributed by atoms with Crippen LogP contribution in [0.15, 0.2) is 90.1 Å². The maximum Gasteiger partial charge on any atom is 0.316 e. The molecule has 0 unspecified atom stereocenters. The average Bonchev–Trinajstić information content (AvgIpc) is 3.71. The number of benzene rings is 3. The second kappa shape index (κ2) is 11.0. The van der Waals surface area contributed by atoms with E-state index >= 15 is 0 Å². The first kappa shape index (κ1) is 27.0. The summed E-state index contributed by atoms with van der Waals surface area (Å²) in [6.45, 7) is 0.256. The molecule has 210 valence electrons. The van der Waals surface area contributed by atoms with Crippen molar-refractivity contribution in [3.63, 3.8) is 0 Å². The zero-order chi connectivity index (χ0) is 28.6. The largest absolute Gasteiger partial charge is 0.467 e. The summed E-state index contributed by atoms with van der Waals surface area (Å²) in [5, 5.41) is 0. The number of nitrogens with one attached hydrogen (secondary N) is 1. The van der Waals surface area contributed by atoms with E-state index < -0.39 is 21.9 Å². The minimum Gasteiger partial charge on any atom is -0.467 e. The summed E-state index contributed by atoms with van der Waals surface area (Å²) in [5.74, 6) is -0.506. The van der Waals surface area contributed by atoms with Crippen molar-refractivity contribution >= 4 is 21.6 Å². The van der Waals surface area contributed by atoms with Crippen LogP contribution in [0.5, 0.6) is 6.01 Å². The number of carbonyl (C=O) groups is 1. The van der Waals surface area contributed by atoms with Gasteiger partial charge in [0, 0.05) is 35.6 Å². The number of halogens is 1. The molecule has 1 N–H and O–H groups in total. The van der Waals surface area contributed by atoms with Gasteiger partial charge < -0.3 is 9.64 Å². The van der Waals surface area contributed by atoms with E-state index in [-0.39, 0.29) is 35.2 Å². The quantitative estimate of drug-likeness (QED) is 0.305. The Balaban J connectivity index is 1.29. The standard InChI is InChI=1S/C31H29FN4O4S/c1-40-31-33-17-20(18-34-31)19-36(30(37)28-16-26(28)21-5-3-2-4-6-21)24-11-7-22-8-14-29(27(22)15-24)35-41(38,39)25-12-9-23(32)10-13-25/h2-7,9-13,15,17-18,26,28-29,35H,8,14,16,19H2,1H3/t26-,28+,29+/m0/s1. The number of sulfonamides is 1. The van der Waals surface area contributed by atoms with Gasteiger partial charge >= 0.3 is 6.01 Å². The van der Waals surface area contributed by atoms with E-state index in [1.54, 1.807) is 17.3 Å². The molecule has 0 radical (unpaired) electrons. The molecule has 41 heavy (non-hydrogen) atoms. The van der Waals surface area contributed by atoms with Crippen LogP contribution in [0.3, 0.4) is 0 Å². The number of nitrogens with zero attached hydrogens (tertiary/aromatic N) is 3. The summed E-state index contributed by atoms with van der Waals surface area (Å²) in [6, 6.07) is 20.3. The number of rotatable bonds is 9. The van der Waals surface area contributed by atoms with Gasteiger partial charge in [0.2, 0.25) is 15.9 Å². The number of carbonyl (C=O) groups excluding carboxylic acids is 1. The van der Waals surface area contributed by atoms with E-state index in [9.17, 15) is 17.6 Å². The maximum absolute atomic E-state index is 14.0. The Labute approximate surface area is 238 Å². The third-order valence-corrected chi connectivity index (χ3v) is 9.23. The highest BCUT2D eigenvalue weighted by atomic mass is 32.2. The van der Waals surface area contributed by atoms with Crippen molar-refractivity contribution in [1.29, 1.82) is 0 Å². The summed E-state index contributed by atoms with van der Waals surface area (Å²) in [6.07, 6.45) is 5.33. The molecule has 1 fully saturated rings. The molecule has 0 spiro atoms. The molecule has 2 aliphatic carbocycles. The fourth-order valence-corrected chi connectivity index (χ4v) is 6.74. The van der Waals surface area contributed by atoms with Crippen molar-refractivity contribution in [2.75, 3.05) is 12.0 Å². The van der Waals surface area contributed by atoms with Crippen LogP contribution in [0, 0.1) is 11.7 Å². The number of amides is 1. The first-order valence-electron chi connectivity index (χ1n) is 13.4. The fourth-order valence-electron chi connectivity index (χ4n) is 5.49. The monoisotopic (exact) mass is 572 g/mol. The smallest absolute Gasteiger partial charge is 0.316 e. The first-order valence-corrected chi connectivity index (χ1v) is 14.9. The Morgan fingerprint density at radius 1 is 1.05 bits per heavy atom. The highest BCUT2D eigenvalue weighted by Crippen LogP contribution is 2.49. The molecule has 1 aromatic heterocycles. The van der Waals surface area contributed by atoms with E-state index in [1.807, 2.05) is 48.5 Å². The zero-order valence-electron chi connectivity index (χ0n) is 22.4. The molecule has 0 saturated heterocycles. The van der Waals surface area contributed by atoms with Crippen molar-refractivity contribution < 1.29 is 22.3 Å². The molecule has 0 aliphatic heterocycles. The minimum atomic E-state index is -3.87. The molecular formula is C31H29FN4O4S. The van der Waals surface area contributed by atoms with Crippen molar-refractivity contribution in [3.05, 3.63) is 113 Å². The SMILES string of the molecule is COc1ncc(CN(C(=O)[C@@H]2C[C@H]2c2ccccc2)c2ccc3c(c2)[C@H](NS(=O)(=O)c2ccc(F)cc2)CC3)cn1. The predicted octanol–water partition coefficient (Wildman–Crippen LogP) is 4.93. The number of hydrogen-bond donors (Lipinski definition) is 1. The highest BCUT2D eigenvalue weighted by molar-refractivity contribution is 7.89. The maximum atomic E-state index is 14.0. The molecule has 0 bridgehead atoms. The van der Waals surface area contributed by atoms with Crippen LogP contribution >= 0.6 is 0 Å². The van der Waals surface area contributed by atoms with E-state index in [1.165, 1.54) is 19.2 Å². The fraction of sp³-hybridized carbons (Fsp3) is 0.258. The highest BCUT2D eigenvalue weighted by Gasteiger charge is 2.46. The summed E-state index contributed by atoms with van der Waals surface area (Å²) in [4.78, 5) is 24.1. The van der Waals surface area contributed by atoms with Gasteiger partial charge in [-0.25, -0.2) is 27.5 Å². The molecule has 10 heteroatoms. The van der Waals surface area contributed by atoms with Crippen LogP contribution in [0.25, 0.3) is 0 Å². The van der Waals surface area contributed by atoms with Gasteiger partial charge in [-0.05, 0) is 78.3 Å². The predicted molar refractivity (Wildman–Crippen MR) is 151 cm³/mol. The zero-order valence-corrected chi connectivity index (χ0v) is 23.2. The number of ether oxygens (including phenoxy) is 1. The Bertz CT molecular complexity index is 1670. The second-order valence-electron chi connectivity index (χ2n) is 10.4. The molecule has 8 nitrogen and oxygen atoms in total. The molecule has 3 atom stereocenters. The summed E-state index contributed by atoms with van der Waals surface area (Å²) in [5.41, 5.74) is 4.41. The molecule has 6 rings (SSSR count). The average molecular weight is 573 g/mol. The van der Waals surface area contributed by atoms with Crippen molar-refractivity contribution in [1.82, 2.24) is 14.7 Å². The van der Waals surface area contributed by atoms with Crippen LogP contribution in [0.4, 0.5) is 10.1 Å². The van der Waals surface area contributed by atoms with Crippen molar-refractivity contribution in [2.24, 2.45) is 5.92 Å². The van der Waals surface area contributed by atoms with Gasteiger partial charge in [0.25, 0.3) is 0 Å². The number of aromatic nitrogens is 2. The van der Waals surface area contributed by atoms with Crippen molar-refractivity contribution in [2.45, 2.75) is 42.7 Å². The molecule has 2 aliphatic rings. The lowest BCUT2D eigenvalue weighted by molar-refractivity contribution is -0.120. The topological polar surface area (TPSA) is 101 Å². The van der Waals surface area contributed by atoms with Gasteiger partial charge in [-0.15, -0.1) is 0 Å². The van der Waals surface area contributed by atoms with E-state index in [0.717, 1.165) is 40.8 Å². The third kappa shape index (κ3) is 5.71. The lowest BCUT2D eigenvalue weighted by Gasteiger charge is -2.25. The molecule has 1 saturated carbocycles. The van der Waals surface area contributed by atoms with Crippen molar-refractivity contribution in [3.8, 4) is 6.01 Å². The lowest BCUT2D eigenvalue weighted by atomic mass is 10.1. The minimum absolute atomic E-state index is 0.000465. The summed E-state index contributed by atoms with van der Waals surface area (Å²) < 4.78 is 47.4. The van der Waals surface area contributed by atoms with E-state index in [2.05, 4.69) is 14.7 Å². The Morgan fingerprint density at radius 3 is 2.49 bits per heavy atom. The normalized spacial score (nSPS) is 19.4. The van der Waals surface area contributed by atoms with Gasteiger partial charge in [0.1, 0.15) is 5.82 Å². The second-order valence-corrected chi connectivity index (χ2v) is 12.1. The first-order chi connectivity index (χ1) is 19.8. The van der Waals surface area contributed by atoms with Gasteiger partial charge in [0.15, 0.2) is 0 Å². The lowest BCUT2D eigenvalue weighted by Crippen LogP contribution is -2.32.